The Balaban J connectivity index is 1.93. The Hall–Kier alpha value is -1.03. The predicted molar refractivity (Wildman–Crippen MR) is 76.6 cm³/mol. The summed E-state index contributed by atoms with van der Waals surface area (Å²) < 4.78 is 1.77. The fraction of sp³-hybridized carbons (Fsp3) is 0.714. The molecule has 2 unspecified atom stereocenters. The monoisotopic (exact) mass is 283 g/mol. The Bertz CT molecular complexity index is 444. The van der Waals surface area contributed by atoms with Crippen molar-refractivity contribution in [1.29, 1.82) is 0 Å². The van der Waals surface area contributed by atoms with Gasteiger partial charge in [-0.3, -0.25) is 9.48 Å². The van der Waals surface area contributed by atoms with Gasteiger partial charge >= 0.3 is 0 Å². The number of aromatic nitrogens is 2. The molecule has 1 fully saturated rings. The number of hydrogen-bond acceptors (Lipinski definition) is 2. The minimum Gasteiger partial charge on any atom is -0.350 e. The van der Waals surface area contributed by atoms with Gasteiger partial charge < -0.3 is 5.32 Å². The van der Waals surface area contributed by atoms with E-state index >= 15 is 0 Å². The summed E-state index contributed by atoms with van der Waals surface area (Å²) in [7, 11) is 0. The first-order chi connectivity index (χ1) is 9.13. The minimum absolute atomic E-state index is 0.0212. The second-order valence-electron chi connectivity index (χ2n) is 5.18. The number of amides is 1. The van der Waals surface area contributed by atoms with E-state index in [-0.39, 0.29) is 11.3 Å². The Morgan fingerprint density at radius 3 is 2.89 bits per heavy atom. The van der Waals surface area contributed by atoms with Gasteiger partial charge in [-0.25, -0.2) is 0 Å². The molecule has 0 radical (unpaired) electrons. The summed E-state index contributed by atoms with van der Waals surface area (Å²) in [6.45, 7) is 5.48. The zero-order valence-corrected chi connectivity index (χ0v) is 12.4. The van der Waals surface area contributed by atoms with Gasteiger partial charge in [0, 0.05) is 18.5 Å². The lowest BCUT2D eigenvalue weighted by atomic mass is 10.1. The van der Waals surface area contributed by atoms with Crippen LogP contribution in [0.1, 0.15) is 49.3 Å². The predicted octanol–water partition coefficient (Wildman–Crippen LogP) is 2.60. The van der Waals surface area contributed by atoms with Crippen LogP contribution in [0.5, 0.6) is 0 Å². The Morgan fingerprint density at radius 2 is 2.32 bits per heavy atom. The zero-order valence-electron chi connectivity index (χ0n) is 11.7. The summed E-state index contributed by atoms with van der Waals surface area (Å²) in [5.74, 6) is 0.502. The van der Waals surface area contributed by atoms with Crippen molar-refractivity contribution in [2.24, 2.45) is 5.92 Å². The summed E-state index contributed by atoms with van der Waals surface area (Å²) in [4.78, 5) is 12.2. The van der Waals surface area contributed by atoms with Crippen LogP contribution in [0.15, 0.2) is 6.07 Å². The van der Waals surface area contributed by atoms with E-state index in [1.807, 2.05) is 19.9 Å². The Labute approximate surface area is 119 Å². The number of hydrogen-bond donors (Lipinski definition) is 1. The summed E-state index contributed by atoms with van der Waals surface area (Å²) in [5, 5.41) is 7.70. The van der Waals surface area contributed by atoms with Crippen LogP contribution in [0.3, 0.4) is 0 Å². The number of carbonyl (C=O) groups excluding carboxylic acids is 1. The molecule has 1 saturated carbocycles. The molecule has 5 heteroatoms. The van der Waals surface area contributed by atoms with Gasteiger partial charge in [-0.15, -0.1) is 11.6 Å². The van der Waals surface area contributed by atoms with Crippen molar-refractivity contribution >= 4 is 17.5 Å². The molecular formula is C14H22ClN3O. The largest absolute Gasteiger partial charge is 0.350 e. The molecule has 1 N–H and O–H groups in total. The van der Waals surface area contributed by atoms with Crippen molar-refractivity contribution in [3.05, 3.63) is 17.5 Å². The number of rotatable bonds is 5. The lowest BCUT2D eigenvalue weighted by Gasteiger charge is -2.11. The van der Waals surface area contributed by atoms with Crippen LogP contribution in [0.2, 0.25) is 0 Å². The van der Waals surface area contributed by atoms with Gasteiger partial charge in [0.1, 0.15) is 5.69 Å². The van der Waals surface area contributed by atoms with E-state index in [2.05, 4.69) is 10.4 Å². The highest BCUT2D eigenvalue weighted by Crippen LogP contribution is 2.28. The fourth-order valence-corrected chi connectivity index (χ4v) is 2.97. The van der Waals surface area contributed by atoms with Gasteiger partial charge in [0.2, 0.25) is 0 Å². The number of halogens is 1. The topological polar surface area (TPSA) is 46.9 Å². The molecule has 1 aromatic rings. The number of carbonyl (C=O) groups is 1. The molecule has 4 nitrogen and oxygen atoms in total. The van der Waals surface area contributed by atoms with Gasteiger partial charge in [0.05, 0.1) is 5.69 Å². The summed E-state index contributed by atoms with van der Waals surface area (Å²) in [6.07, 6.45) is 4.04. The van der Waals surface area contributed by atoms with Crippen LogP contribution in [-0.2, 0) is 13.0 Å². The SMILES string of the molecule is CCc1cc(C(=O)NCC2CCC(Cl)C2)n(CC)n1. The highest BCUT2D eigenvalue weighted by atomic mass is 35.5. The fourth-order valence-electron chi connectivity index (χ4n) is 2.59. The molecule has 1 heterocycles. The standard InChI is InChI=1S/C14H22ClN3O/c1-3-12-8-13(18(4-2)17-12)14(19)16-9-10-5-6-11(15)7-10/h8,10-11H,3-7,9H2,1-2H3,(H,16,19). The van der Waals surface area contributed by atoms with Crippen molar-refractivity contribution in [2.75, 3.05) is 6.54 Å². The second kappa shape index (κ2) is 6.42. The Kier molecular flexibility index (Phi) is 4.86. The van der Waals surface area contributed by atoms with Crippen LogP contribution < -0.4 is 5.32 Å². The molecule has 0 spiro atoms. The molecule has 1 aromatic heterocycles. The first-order valence-electron chi connectivity index (χ1n) is 7.13. The van der Waals surface area contributed by atoms with Crippen LogP contribution >= 0.6 is 11.6 Å². The van der Waals surface area contributed by atoms with Gasteiger partial charge in [-0.1, -0.05) is 6.92 Å². The summed E-state index contributed by atoms with van der Waals surface area (Å²) >= 11 is 6.08. The molecule has 0 aromatic carbocycles. The molecule has 2 atom stereocenters. The molecule has 0 saturated heterocycles. The van der Waals surface area contributed by atoms with E-state index in [0.29, 0.717) is 11.6 Å². The Morgan fingerprint density at radius 1 is 1.53 bits per heavy atom. The van der Waals surface area contributed by atoms with Crippen LogP contribution in [0, 0.1) is 5.92 Å². The zero-order chi connectivity index (χ0) is 13.8. The molecular weight excluding hydrogens is 262 g/mol. The maximum Gasteiger partial charge on any atom is 0.269 e. The molecule has 106 valence electrons. The van der Waals surface area contributed by atoms with E-state index in [1.54, 1.807) is 4.68 Å². The molecule has 1 aliphatic carbocycles. The lowest BCUT2D eigenvalue weighted by Crippen LogP contribution is -2.30. The number of aryl methyl sites for hydroxylation is 2. The van der Waals surface area contributed by atoms with Gasteiger partial charge in [0.15, 0.2) is 0 Å². The highest BCUT2D eigenvalue weighted by molar-refractivity contribution is 6.20. The third-order valence-electron chi connectivity index (χ3n) is 3.75. The summed E-state index contributed by atoms with van der Waals surface area (Å²) in [6, 6.07) is 1.89. The first-order valence-corrected chi connectivity index (χ1v) is 7.56. The number of nitrogens with one attached hydrogen (secondary N) is 1. The molecule has 2 rings (SSSR count). The maximum absolute atomic E-state index is 12.2. The van der Waals surface area contributed by atoms with Crippen molar-refractivity contribution in [3.8, 4) is 0 Å². The normalized spacial score (nSPS) is 22.7. The van der Waals surface area contributed by atoms with Crippen LogP contribution in [0.25, 0.3) is 0 Å². The minimum atomic E-state index is -0.0212. The van der Waals surface area contributed by atoms with E-state index in [0.717, 1.165) is 44.5 Å². The average Bonchev–Trinajstić information content (AvgIpc) is 3.01. The molecule has 1 amide bonds. The van der Waals surface area contributed by atoms with Gasteiger partial charge in [-0.05, 0) is 44.6 Å². The summed E-state index contributed by atoms with van der Waals surface area (Å²) in [5.41, 5.74) is 1.63. The highest BCUT2D eigenvalue weighted by Gasteiger charge is 2.23. The number of nitrogens with zero attached hydrogens (tertiary/aromatic N) is 2. The smallest absolute Gasteiger partial charge is 0.269 e. The molecule has 0 aliphatic heterocycles. The second-order valence-corrected chi connectivity index (χ2v) is 5.79. The third kappa shape index (κ3) is 3.50. The van der Waals surface area contributed by atoms with Crippen molar-refractivity contribution < 1.29 is 4.79 Å². The van der Waals surface area contributed by atoms with Crippen molar-refractivity contribution in [1.82, 2.24) is 15.1 Å². The van der Waals surface area contributed by atoms with E-state index in [1.165, 1.54) is 0 Å². The van der Waals surface area contributed by atoms with E-state index < -0.39 is 0 Å². The molecule has 0 bridgehead atoms. The van der Waals surface area contributed by atoms with Gasteiger partial charge in [0.25, 0.3) is 5.91 Å². The molecule has 1 aliphatic rings. The quantitative estimate of drug-likeness (QED) is 0.845. The van der Waals surface area contributed by atoms with Crippen LogP contribution in [0.4, 0.5) is 0 Å². The van der Waals surface area contributed by atoms with Crippen molar-refractivity contribution in [3.63, 3.8) is 0 Å². The van der Waals surface area contributed by atoms with Crippen LogP contribution in [-0.4, -0.2) is 27.6 Å². The lowest BCUT2D eigenvalue weighted by molar-refractivity contribution is 0.0936. The third-order valence-corrected chi connectivity index (χ3v) is 4.15. The van der Waals surface area contributed by atoms with E-state index in [4.69, 9.17) is 11.6 Å². The van der Waals surface area contributed by atoms with Crippen molar-refractivity contribution in [2.45, 2.75) is 51.5 Å². The average molecular weight is 284 g/mol. The first kappa shape index (κ1) is 14.4. The number of alkyl halides is 1. The molecule has 19 heavy (non-hydrogen) atoms. The van der Waals surface area contributed by atoms with E-state index in [9.17, 15) is 4.79 Å². The maximum atomic E-state index is 12.2. The van der Waals surface area contributed by atoms with Gasteiger partial charge in [-0.2, -0.15) is 5.10 Å².